The summed E-state index contributed by atoms with van der Waals surface area (Å²) in [6.07, 6.45) is -0.541. The summed E-state index contributed by atoms with van der Waals surface area (Å²) >= 11 is 0. The lowest BCUT2D eigenvalue weighted by Crippen LogP contribution is -2.46. The Bertz CT molecular complexity index is 601. The maximum Gasteiger partial charge on any atom is 0.323 e. The van der Waals surface area contributed by atoms with Gasteiger partial charge in [-0.05, 0) is 31.9 Å². The van der Waals surface area contributed by atoms with E-state index in [4.69, 9.17) is 15.2 Å². The Morgan fingerprint density at radius 2 is 1.46 bits per heavy atom. The van der Waals surface area contributed by atoms with Gasteiger partial charge in [-0.25, -0.2) is 0 Å². The van der Waals surface area contributed by atoms with Crippen LogP contribution in [-0.4, -0.2) is 24.7 Å². The quantitative estimate of drug-likeness (QED) is 0.793. The van der Waals surface area contributed by atoms with Crippen LogP contribution in [0.1, 0.15) is 31.9 Å². The van der Waals surface area contributed by atoms with E-state index in [1.807, 2.05) is 74.5 Å². The molecule has 2 aromatic rings. The number of hydrogen-bond acceptors (Lipinski definition) is 4. The van der Waals surface area contributed by atoms with Gasteiger partial charge in [0.2, 0.25) is 0 Å². The highest BCUT2D eigenvalue weighted by Crippen LogP contribution is 2.38. The van der Waals surface area contributed by atoms with E-state index < -0.39 is 23.7 Å². The van der Waals surface area contributed by atoms with Gasteiger partial charge >= 0.3 is 5.97 Å². The number of rotatable bonds is 7. The normalized spacial score (nSPS) is 14.0. The van der Waals surface area contributed by atoms with Crippen LogP contribution in [-0.2, 0) is 19.9 Å². The van der Waals surface area contributed by atoms with Gasteiger partial charge in [0.15, 0.2) is 5.60 Å². The molecule has 0 saturated carbocycles. The summed E-state index contributed by atoms with van der Waals surface area (Å²) in [5, 5.41) is 0. The first kappa shape index (κ1) is 18.2. The lowest BCUT2D eigenvalue weighted by molar-refractivity contribution is -0.167. The van der Waals surface area contributed by atoms with Crippen LogP contribution in [0.15, 0.2) is 60.7 Å². The Morgan fingerprint density at radius 3 is 1.83 bits per heavy atom. The van der Waals surface area contributed by atoms with Crippen LogP contribution in [0.3, 0.4) is 0 Å². The first-order valence-electron chi connectivity index (χ1n) is 8.23. The molecule has 4 nitrogen and oxygen atoms in total. The highest BCUT2D eigenvalue weighted by molar-refractivity contribution is 5.75. The minimum atomic E-state index is -0.887. The van der Waals surface area contributed by atoms with Crippen molar-refractivity contribution in [2.75, 3.05) is 6.61 Å². The summed E-state index contributed by atoms with van der Waals surface area (Å²) < 4.78 is 11.9. The van der Waals surface area contributed by atoms with Gasteiger partial charge in [0.05, 0.1) is 0 Å². The largest absolute Gasteiger partial charge is 0.458 e. The standard InChI is InChI=1S/C20H25NO3/c1-4-23-20(17-11-7-5-8-12-17,18-13-9-6-10-14-18)16(3)24-19(22)15(2)21/h5-16H,4,21H2,1-3H3/t15-,16-/m0/s1. The van der Waals surface area contributed by atoms with Crippen LogP contribution in [0.25, 0.3) is 0 Å². The Morgan fingerprint density at radius 1 is 1.00 bits per heavy atom. The summed E-state index contributed by atoms with van der Waals surface area (Å²) in [5.41, 5.74) is 6.64. The fourth-order valence-corrected chi connectivity index (χ4v) is 2.88. The van der Waals surface area contributed by atoms with E-state index in [9.17, 15) is 4.79 Å². The zero-order valence-corrected chi connectivity index (χ0v) is 14.4. The van der Waals surface area contributed by atoms with Crippen molar-refractivity contribution < 1.29 is 14.3 Å². The molecule has 0 saturated heterocycles. The van der Waals surface area contributed by atoms with Crippen molar-refractivity contribution in [1.29, 1.82) is 0 Å². The molecule has 2 rings (SSSR count). The molecule has 0 aliphatic rings. The minimum absolute atomic E-state index is 0.446. The topological polar surface area (TPSA) is 61.5 Å². The molecular formula is C20H25NO3. The maximum atomic E-state index is 12.1. The fraction of sp³-hybridized carbons (Fsp3) is 0.350. The predicted molar refractivity (Wildman–Crippen MR) is 94.5 cm³/mol. The van der Waals surface area contributed by atoms with Crippen molar-refractivity contribution in [2.24, 2.45) is 5.73 Å². The molecular weight excluding hydrogens is 302 g/mol. The third-order valence-electron chi connectivity index (χ3n) is 4.01. The molecule has 0 aromatic heterocycles. The lowest BCUT2D eigenvalue weighted by Gasteiger charge is -2.39. The second-order valence-corrected chi connectivity index (χ2v) is 5.77. The molecule has 2 atom stereocenters. The highest BCUT2D eigenvalue weighted by Gasteiger charge is 2.43. The number of nitrogens with two attached hydrogens (primary N) is 1. The molecule has 24 heavy (non-hydrogen) atoms. The van der Waals surface area contributed by atoms with Gasteiger partial charge in [0, 0.05) is 6.61 Å². The van der Waals surface area contributed by atoms with E-state index in [0.717, 1.165) is 11.1 Å². The number of carbonyl (C=O) groups is 1. The molecule has 0 spiro atoms. The van der Waals surface area contributed by atoms with Crippen LogP contribution in [0, 0.1) is 0 Å². The van der Waals surface area contributed by atoms with Crippen LogP contribution >= 0.6 is 0 Å². The third-order valence-corrected chi connectivity index (χ3v) is 4.01. The van der Waals surface area contributed by atoms with Crippen LogP contribution < -0.4 is 5.73 Å². The predicted octanol–water partition coefficient (Wildman–Crippen LogP) is 3.25. The lowest BCUT2D eigenvalue weighted by atomic mass is 9.81. The summed E-state index contributed by atoms with van der Waals surface area (Å²) in [4.78, 5) is 12.1. The smallest absolute Gasteiger partial charge is 0.323 e. The number of hydrogen-bond donors (Lipinski definition) is 1. The van der Waals surface area contributed by atoms with Gasteiger partial charge in [-0.1, -0.05) is 60.7 Å². The van der Waals surface area contributed by atoms with Gasteiger partial charge < -0.3 is 15.2 Å². The van der Waals surface area contributed by atoms with E-state index in [-0.39, 0.29) is 0 Å². The van der Waals surface area contributed by atoms with E-state index in [1.165, 1.54) is 0 Å². The van der Waals surface area contributed by atoms with Crippen LogP contribution in [0.2, 0.25) is 0 Å². The van der Waals surface area contributed by atoms with Gasteiger partial charge in [-0.15, -0.1) is 0 Å². The van der Waals surface area contributed by atoms with E-state index in [0.29, 0.717) is 6.61 Å². The number of carbonyl (C=O) groups excluding carboxylic acids is 1. The second kappa shape index (κ2) is 8.08. The maximum absolute atomic E-state index is 12.1. The summed E-state index contributed by atoms with van der Waals surface area (Å²) in [5.74, 6) is -0.446. The van der Waals surface area contributed by atoms with Crippen molar-refractivity contribution in [3.8, 4) is 0 Å². The Hall–Kier alpha value is -2.17. The highest BCUT2D eigenvalue weighted by atomic mass is 16.6. The molecule has 2 N–H and O–H groups in total. The first-order chi connectivity index (χ1) is 11.5. The monoisotopic (exact) mass is 327 g/mol. The van der Waals surface area contributed by atoms with E-state index in [1.54, 1.807) is 6.92 Å². The third kappa shape index (κ3) is 3.66. The average Bonchev–Trinajstić information content (AvgIpc) is 2.61. The molecule has 4 heteroatoms. The van der Waals surface area contributed by atoms with Crippen molar-refractivity contribution >= 4 is 5.97 Å². The Labute approximate surface area is 143 Å². The molecule has 0 aliphatic carbocycles. The first-order valence-corrected chi connectivity index (χ1v) is 8.23. The summed E-state index contributed by atoms with van der Waals surface area (Å²) in [7, 11) is 0. The van der Waals surface area contributed by atoms with Gasteiger partial charge in [0.25, 0.3) is 0 Å². The van der Waals surface area contributed by atoms with E-state index in [2.05, 4.69) is 0 Å². The molecule has 0 fully saturated rings. The number of esters is 1. The number of benzene rings is 2. The molecule has 0 heterocycles. The van der Waals surface area contributed by atoms with Crippen molar-refractivity contribution in [2.45, 2.75) is 38.5 Å². The van der Waals surface area contributed by atoms with Gasteiger partial charge in [0.1, 0.15) is 12.1 Å². The molecule has 0 radical (unpaired) electrons. The van der Waals surface area contributed by atoms with Gasteiger partial charge in [-0.2, -0.15) is 0 Å². The zero-order chi connectivity index (χ0) is 17.6. The number of ether oxygens (including phenoxy) is 2. The molecule has 2 aromatic carbocycles. The molecule has 0 unspecified atom stereocenters. The summed E-state index contributed by atoms with van der Waals surface area (Å²) in [6, 6.07) is 19.0. The SMILES string of the molecule is CCOC(c1ccccc1)(c1ccccc1)[C@H](C)OC(=O)[C@H](C)N. The molecule has 0 bridgehead atoms. The Kier molecular flexibility index (Phi) is 6.12. The second-order valence-electron chi connectivity index (χ2n) is 5.77. The van der Waals surface area contributed by atoms with Crippen molar-refractivity contribution in [3.05, 3.63) is 71.8 Å². The van der Waals surface area contributed by atoms with Gasteiger partial charge in [-0.3, -0.25) is 4.79 Å². The van der Waals surface area contributed by atoms with Crippen LogP contribution in [0.4, 0.5) is 0 Å². The Balaban J connectivity index is 2.56. The molecule has 0 aliphatic heterocycles. The molecule has 0 amide bonds. The van der Waals surface area contributed by atoms with Crippen LogP contribution in [0.5, 0.6) is 0 Å². The zero-order valence-electron chi connectivity index (χ0n) is 14.4. The minimum Gasteiger partial charge on any atom is -0.458 e. The van der Waals surface area contributed by atoms with E-state index >= 15 is 0 Å². The van der Waals surface area contributed by atoms with Crippen molar-refractivity contribution in [1.82, 2.24) is 0 Å². The molecule has 128 valence electrons. The summed E-state index contributed by atoms with van der Waals surface area (Å²) in [6.45, 7) is 5.86. The van der Waals surface area contributed by atoms with Crippen molar-refractivity contribution in [3.63, 3.8) is 0 Å². The fourth-order valence-electron chi connectivity index (χ4n) is 2.88. The average molecular weight is 327 g/mol.